The van der Waals surface area contributed by atoms with Gasteiger partial charge in [0.05, 0.1) is 31.4 Å². The molecule has 0 amide bonds. The number of nitrogens with zero attached hydrogens (tertiary/aromatic N) is 1. The first kappa shape index (κ1) is 21.5. The molecule has 156 valence electrons. The van der Waals surface area contributed by atoms with Gasteiger partial charge in [-0.05, 0) is 65.7 Å². The Labute approximate surface area is 177 Å². The maximum Gasteiger partial charge on any atom is 0.343 e. The lowest BCUT2D eigenvalue weighted by Gasteiger charge is -2.09. The molecule has 0 aliphatic carbocycles. The van der Waals surface area contributed by atoms with E-state index in [2.05, 4.69) is 6.07 Å². The molecule has 0 aliphatic heterocycles. The largest absolute Gasteiger partial charge is 0.493 e. The van der Waals surface area contributed by atoms with E-state index in [1.165, 1.54) is 20.3 Å². The van der Waals surface area contributed by atoms with Gasteiger partial charge in [-0.25, -0.2) is 13.6 Å². The number of hydrogen-bond acceptors (Lipinski definition) is 5. The molecule has 5 nitrogen and oxygen atoms in total. The topological polar surface area (TPSA) is 68.5 Å². The van der Waals surface area contributed by atoms with Gasteiger partial charge < -0.3 is 14.2 Å². The number of allylic oxidation sites excluding steroid dienone is 1. The lowest BCUT2D eigenvalue weighted by atomic mass is 10.0. The molecule has 0 bridgehead atoms. The van der Waals surface area contributed by atoms with E-state index in [0.29, 0.717) is 28.2 Å². The predicted octanol–water partition coefficient (Wildman–Crippen LogP) is 5.27. The van der Waals surface area contributed by atoms with E-state index < -0.39 is 17.6 Å². The summed E-state index contributed by atoms with van der Waals surface area (Å²) < 4.78 is 42.1. The van der Waals surface area contributed by atoms with Crippen LogP contribution in [0.25, 0.3) is 11.6 Å². The van der Waals surface area contributed by atoms with Crippen molar-refractivity contribution in [3.63, 3.8) is 0 Å². The van der Waals surface area contributed by atoms with Crippen molar-refractivity contribution in [1.29, 1.82) is 5.26 Å². The molecule has 0 aromatic heterocycles. The number of carbonyl (C=O) groups excluding carboxylic acids is 1. The number of benzene rings is 3. The summed E-state index contributed by atoms with van der Waals surface area (Å²) in [6, 6.07) is 16.5. The highest BCUT2D eigenvalue weighted by Gasteiger charge is 2.13. The van der Waals surface area contributed by atoms with Crippen molar-refractivity contribution in [2.75, 3.05) is 14.2 Å². The first-order valence-corrected chi connectivity index (χ1v) is 9.06. The van der Waals surface area contributed by atoms with E-state index in [-0.39, 0.29) is 11.3 Å². The van der Waals surface area contributed by atoms with Gasteiger partial charge in [-0.15, -0.1) is 0 Å². The maximum atomic E-state index is 13.3. The van der Waals surface area contributed by atoms with Crippen LogP contribution in [0.4, 0.5) is 8.78 Å². The number of rotatable bonds is 6. The monoisotopic (exact) mass is 421 g/mol. The third-order valence-corrected chi connectivity index (χ3v) is 4.35. The van der Waals surface area contributed by atoms with Crippen LogP contribution in [0, 0.1) is 23.0 Å². The smallest absolute Gasteiger partial charge is 0.343 e. The molecule has 0 heterocycles. The quantitative estimate of drug-likeness (QED) is 0.235. The fraction of sp³-hybridized carbons (Fsp3) is 0.0833. The Morgan fingerprint density at radius 2 is 1.65 bits per heavy atom. The molecule has 0 spiro atoms. The zero-order valence-electron chi connectivity index (χ0n) is 16.7. The van der Waals surface area contributed by atoms with Crippen molar-refractivity contribution in [3.8, 4) is 23.3 Å². The highest BCUT2D eigenvalue weighted by molar-refractivity contribution is 5.92. The molecule has 7 heteroatoms. The second-order valence-corrected chi connectivity index (χ2v) is 6.33. The Hall–Kier alpha value is -4.18. The number of ether oxygens (including phenoxy) is 3. The zero-order chi connectivity index (χ0) is 22.4. The SMILES string of the molecule is COc1ccc(/C(C#N)=C\c2cccc(OC(=O)c3ccc(F)c(F)c3)c2)cc1OC. The van der Waals surface area contributed by atoms with Gasteiger partial charge in [0.2, 0.25) is 0 Å². The van der Waals surface area contributed by atoms with Crippen molar-refractivity contribution in [2.45, 2.75) is 0 Å². The molecular formula is C24H17F2NO4. The van der Waals surface area contributed by atoms with Gasteiger partial charge in [-0.3, -0.25) is 0 Å². The molecule has 0 radical (unpaired) electrons. The Bertz CT molecular complexity index is 1200. The van der Waals surface area contributed by atoms with Crippen LogP contribution in [0.15, 0.2) is 60.7 Å². The molecule has 3 rings (SSSR count). The Morgan fingerprint density at radius 1 is 0.903 bits per heavy atom. The summed E-state index contributed by atoms with van der Waals surface area (Å²) in [5.41, 5.74) is 1.44. The Balaban J connectivity index is 1.86. The minimum Gasteiger partial charge on any atom is -0.493 e. The summed E-state index contributed by atoms with van der Waals surface area (Å²) in [5, 5.41) is 9.60. The van der Waals surface area contributed by atoms with Crippen LogP contribution < -0.4 is 14.2 Å². The first-order chi connectivity index (χ1) is 14.9. The molecule has 0 atom stereocenters. The van der Waals surface area contributed by atoms with E-state index in [1.54, 1.807) is 42.5 Å². The third-order valence-electron chi connectivity index (χ3n) is 4.35. The van der Waals surface area contributed by atoms with Gasteiger partial charge >= 0.3 is 5.97 Å². The van der Waals surface area contributed by atoms with Gasteiger partial charge in [-0.1, -0.05) is 12.1 Å². The molecule has 0 fully saturated rings. The summed E-state index contributed by atoms with van der Waals surface area (Å²) in [5.74, 6) is -1.82. The number of carbonyl (C=O) groups is 1. The lowest BCUT2D eigenvalue weighted by molar-refractivity contribution is 0.0734. The lowest BCUT2D eigenvalue weighted by Crippen LogP contribution is -2.09. The van der Waals surface area contributed by atoms with Crippen LogP contribution >= 0.6 is 0 Å². The van der Waals surface area contributed by atoms with E-state index in [0.717, 1.165) is 18.2 Å². The van der Waals surface area contributed by atoms with Crippen LogP contribution in [-0.4, -0.2) is 20.2 Å². The van der Waals surface area contributed by atoms with Crippen molar-refractivity contribution in [3.05, 3.63) is 89.0 Å². The van der Waals surface area contributed by atoms with Crippen molar-refractivity contribution in [1.82, 2.24) is 0 Å². The molecule has 0 saturated heterocycles. The highest BCUT2D eigenvalue weighted by Crippen LogP contribution is 2.31. The molecule has 0 saturated carbocycles. The summed E-state index contributed by atoms with van der Waals surface area (Å²) in [4.78, 5) is 12.2. The maximum absolute atomic E-state index is 13.3. The summed E-state index contributed by atoms with van der Waals surface area (Å²) in [6.45, 7) is 0. The van der Waals surface area contributed by atoms with Gasteiger partial charge in [0.15, 0.2) is 23.1 Å². The molecule has 31 heavy (non-hydrogen) atoms. The molecule has 0 aliphatic rings. The van der Waals surface area contributed by atoms with Crippen molar-refractivity contribution in [2.24, 2.45) is 0 Å². The number of methoxy groups -OCH3 is 2. The van der Waals surface area contributed by atoms with Crippen LogP contribution in [0.3, 0.4) is 0 Å². The van der Waals surface area contributed by atoms with E-state index in [1.807, 2.05) is 0 Å². The van der Waals surface area contributed by atoms with Crippen molar-refractivity contribution < 1.29 is 27.8 Å². The average Bonchev–Trinajstić information content (AvgIpc) is 2.79. The normalized spacial score (nSPS) is 10.9. The summed E-state index contributed by atoms with van der Waals surface area (Å²) >= 11 is 0. The third kappa shape index (κ3) is 5.06. The summed E-state index contributed by atoms with van der Waals surface area (Å²) in [7, 11) is 3.02. The van der Waals surface area contributed by atoms with Crippen molar-refractivity contribution >= 4 is 17.6 Å². The summed E-state index contributed by atoms with van der Waals surface area (Å²) in [6.07, 6.45) is 1.62. The molecule has 0 unspecified atom stereocenters. The van der Waals surface area contributed by atoms with E-state index in [9.17, 15) is 18.8 Å². The zero-order valence-corrected chi connectivity index (χ0v) is 16.7. The van der Waals surface area contributed by atoms with Crippen LogP contribution in [-0.2, 0) is 0 Å². The molecular weight excluding hydrogens is 404 g/mol. The molecule has 3 aromatic rings. The first-order valence-electron chi connectivity index (χ1n) is 9.06. The predicted molar refractivity (Wildman–Crippen MR) is 111 cm³/mol. The average molecular weight is 421 g/mol. The fourth-order valence-electron chi connectivity index (χ4n) is 2.81. The number of halogens is 2. The van der Waals surface area contributed by atoms with E-state index in [4.69, 9.17) is 14.2 Å². The number of esters is 1. The van der Waals surface area contributed by atoms with Gasteiger partial charge in [-0.2, -0.15) is 5.26 Å². The standard InChI is InChI=1S/C24H17F2NO4/c1-29-22-9-7-16(13-23(22)30-2)18(14-27)10-15-4-3-5-19(11-15)31-24(28)17-6-8-20(25)21(26)12-17/h3-13H,1-2H3/b18-10-. The fourth-order valence-corrected chi connectivity index (χ4v) is 2.81. The van der Waals surface area contributed by atoms with Crippen LogP contribution in [0.2, 0.25) is 0 Å². The minimum atomic E-state index is -1.14. The highest BCUT2D eigenvalue weighted by atomic mass is 19.2. The minimum absolute atomic E-state index is 0.122. The number of nitriles is 1. The number of hydrogen-bond donors (Lipinski definition) is 0. The molecule has 0 N–H and O–H groups in total. The van der Waals surface area contributed by atoms with Gasteiger partial charge in [0.1, 0.15) is 5.75 Å². The Kier molecular flexibility index (Phi) is 6.63. The second-order valence-electron chi connectivity index (χ2n) is 6.33. The van der Waals surface area contributed by atoms with Gasteiger partial charge in [0, 0.05) is 0 Å². The van der Waals surface area contributed by atoms with Crippen LogP contribution in [0.5, 0.6) is 17.2 Å². The second kappa shape index (κ2) is 9.55. The van der Waals surface area contributed by atoms with Gasteiger partial charge in [0.25, 0.3) is 0 Å². The van der Waals surface area contributed by atoms with Crippen LogP contribution in [0.1, 0.15) is 21.5 Å². The van der Waals surface area contributed by atoms with E-state index >= 15 is 0 Å². The Morgan fingerprint density at radius 3 is 2.32 bits per heavy atom. The molecule has 3 aromatic carbocycles.